The van der Waals surface area contributed by atoms with E-state index in [1.54, 1.807) is 0 Å². The topological polar surface area (TPSA) is 93.4 Å². The highest BCUT2D eigenvalue weighted by Crippen LogP contribution is 2.26. The highest BCUT2D eigenvalue weighted by Gasteiger charge is 2.20. The molecule has 3 aromatic rings. The van der Waals surface area contributed by atoms with Crippen LogP contribution in [0.2, 0.25) is 5.02 Å². The number of fused-ring (bicyclic) bond motifs is 1. The fourth-order valence-corrected chi connectivity index (χ4v) is 3.71. The van der Waals surface area contributed by atoms with Crippen LogP contribution in [0.1, 0.15) is 25.0 Å². The number of halogens is 1. The van der Waals surface area contributed by atoms with Crippen LogP contribution < -0.4 is 10.2 Å². The Bertz CT molecular complexity index is 958. The van der Waals surface area contributed by atoms with Gasteiger partial charge in [-0.1, -0.05) is 11.6 Å². The molecule has 0 radical (unpaired) electrons. The van der Waals surface area contributed by atoms with Gasteiger partial charge < -0.3 is 19.5 Å². The number of hydrogen-bond acceptors (Lipinski definition) is 7. The van der Waals surface area contributed by atoms with E-state index in [0.29, 0.717) is 18.2 Å². The molecular weight excluding hydrogens is 394 g/mol. The minimum absolute atomic E-state index is 0.0299. The predicted molar refractivity (Wildman–Crippen MR) is 109 cm³/mol. The number of alkyl carbamates (subject to hydrolysis) is 1. The van der Waals surface area contributed by atoms with Gasteiger partial charge in [-0.25, -0.2) is 9.78 Å². The van der Waals surface area contributed by atoms with E-state index in [4.69, 9.17) is 25.8 Å². The number of anilines is 1. The molecule has 4 rings (SSSR count). The molecule has 0 unspecified atom stereocenters. The second-order valence-electron chi connectivity index (χ2n) is 7.11. The lowest BCUT2D eigenvalue weighted by Gasteiger charge is -2.33. The Labute approximate surface area is 173 Å². The largest absolute Gasteiger partial charge is 0.441 e. The molecule has 152 valence electrons. The highest BCUT2D eigenvalue weighted by atomic mass is 35.5. The minimum Gasteiger partial charge on any atom is -0.441 e. The first-order chi connectivity index (χ1) is 14.2. The number of piperidine rings is 1. The first kappa shape index (κ1) is 19.4. The lowest BCUT2D eigenvalue weighted by Crippen LogP contribution is -2.35. The maximum absolute atomic E-state index is 11.7. The number of hydrogen-bond donors (Lipinski definition) is 1. The molecule has 0 saturated carbocycles. The number of aromatic nitrogens is 3. The number of nitrogens with one attached hydrogen (secondary N) is 1. The molecule has 1 amide bonds. The summed E-state index contributed by atoms with van der Waals surface area (Å²) in [6.07, 6.45) is 4.03. The van der Waals surface area contributed by atoms with Gasteiger partial charge in [0.2, 0.25) is 0 Å². The normalized spacial score (nSPS) is 14.9. The number of nitrogens with zero attached hydrogens (tertiary/aromatic N) is 4. The third-order valence-corrected chi connectivity index (χ3v) is 5.38. The van der Waals surface area contributed by atoms with E-state index >= 15 is 0 Å². The molecule has 0 spiro atoms. The van der Waals surface area contributed by atoms with E-state index < -0.39 is 6.09 Å². The third-order valence-electron chi connectivity index (χ3n) is 5.15. The quantitative estimate of drug-likeness (QED) is 0.654. The van der Waals surface area contributed by atoms with Crippen LogP contribution in [0, 0.1) is 5.92 Å². The fraction of sp³-hybridized carbons (Fsp3) is 0.400. The summed E-state index contributed by atoms with van der Waals surface area (Å²) in [4.78, 5) is 18.8. The summed E-state index contributed by atoms with van der Waals surface area (Å²) in [5, 5.41) is 11.4. The Balaban J connectivity index is 1.19. The van der Waals surface area contributed by atoms with Crippen molar-refractivity contribution in [2.45, 2.75) is 25.9 Å². The molecule has 1 saturated heterocycles. The van der Waals surface area contributed by atoms with E-state index in [9.17, 15) is 4.79 Å². The van der Waals surface area contributed by atoms with Gasteiger partial charge in [0.15, 0.2) is 12.4 Å². The summed E-state index contributed by atoms with van der Waals surface area (Å²) in [5.74, 6) is 1.99. The standard InChI is InChI=1S/C20H22ClN5O3/c21-16-2-3-18-15(11-16)1-4-19(24-18)26-9-6-14(7-10-26)5-8-22-20(27)28-13-17-12-23-25-29-17/h1-4,11-12,14H,5-10,13H2,(H,22,27). The molecule has 1 fully saturated rings. The molecular formula is C20H22ClN5O3. The second kappa shape index (κ2) is 9.09. The van der Waals surface area contributed by atoms with Gasteiger partial charge in [-0.05, 0) is 55.5 Å². The molecule has 3 heterocycles. The number of pyridine rings is 1. The second-order valence-corrected chi connectivity index (χ2v) is 7.55. The summed E-state index contributed by atoms with van der Waals surface area (Å²) in [6, 6.07) is 9.88. The monoisotopic (exact) mass is 415 g/mol. The molecule has 29 heavy (non-hydrogen) atoms. The molecule has 1 aliphatic heterocycles. The zero-order valence-electron chi connectivity index (χ0n) is 15.9. The van der Waals surface area contributed by atoms with E-state index in [1.165, 1.54) is 6.20 Å². The summed E-state index contributed by atoms with van der Waals surface area (Å²) < 4.78 is 9.82. The summed E-state index contributed by atoms with van der Waals surface area (Å²) in [7, 11) is 0. The summed E-state index contributed by atoms with van der Waals surface area (Å²) in [5.41, 5.74) is 0.956. The van der Waals surface area contributed by atoms with Crippen LogP contribution in [-0.4, -0.2) is 41.1 Å². The Morgan fingerprint density at radius 3 is 2.93 bits per heavy atom. The van der Waals surface area contributed by atoms with Crippen LogP contribution in [-0.2, 0) is 11.3 Å². The van der Waals surface area contributed by atoms with Gasteiger partial charge in [0.05, 0.1) is 11.7 Å². The molecule has 1 aromatic carbocycles. The maximum Gasteiger partial charge on any atom is 0.407 e. The lowest BCUT2D eigenvalue weighted by atomic mass is 9.93. The van der Waals surface area contributed by atoms with Crippen LogP contribution in [0.4, 0.5) is 10.6 Å². The number of ether oxygens (including phenoxy) is 1. The van der Waals surface area contributed by atoms with Crippen molar-refractivity contribution >= 4 is 34.4 Å². The van der Waals surface area contributed by atoms with Crippen molar-refractivity contribution in [3.8, 4) is 0 Å². The predicted octanol–water partition coefficient (Wildman–Crippen LogP) is 3.80. The van der Waals surface area contributed by atoms with Crippen molar-refractivity contribution in [2.75, 3.05) is 24.5 Å². The van der Waals surface area contributed by atoms with Crippen LogP contribution in [0.3, 0.4) is 0 Å². The van der Waals surface area contributed by atoms with E-state index in [2.05, 4.69) is 32.7 Å². The number of carbonyl (C=O) groups excluding carboxylic acids is 1. The third kappa shape index (κ3) is 5.14. The molecule has 0 aliphatic carbocycles. The minimum atomic E-state index is -0.459. The van der Waals surface area contributed by atoms with Gasteiger partial charge in [0.1, 0.15) is 5.82 Å². The van der Waals surface area contributed by atoms with Crippen molar-refractivity contribution in [1.29, 1.82) is 0 Å². The lowest BCUT2D eigenvalue weighted by molar-refractivity contribution is 0.127. The highest BCUT2D eigenvalue weighted by molar-refractivity contribution is 6.31. The number of amides is 1. The van der Waals surface area contributed by atoms with Crippen LogP contribution in [0.15, 0.2) is 41.1 Å². The summed E-state index contributed by atoms with van der Waals surface area (Å²) in [6.45, 7) is 2.54. The van der Waals surface area contributed by atoms with Crippen molar-refractivity contribution in [2.24, 2.45) is 5.92 Å². The van der Waals surface area contributed by atoms with Crippen LogP contribution in [0.25, 0.3) is 10.9 Å². The summed E-state index contributed by atoms with van der Waals surface area (Å²) >= 11 is 6.04. The Hall–Kier alpha value is -2.87. The van der Waals surface area contributed by atoms with Crippen LogP contribution >= 0.6 is 11.6 Å². The average molecular weight is 416 g/mol. The van der Waals surface area contributed by atoms with E-state index in [-0.39, 0.29) is 6.61 Å². The van der Waals surface area contributed by atoms with Gasteiger partial charge in [-0.15, -0.1) is 5.10 Å². The maximum atomic E-state index is 11.7. The molecule has 9 heteroatoms. The zero-order valence-corrected chi connectivity index (χ0v) is 16.6. The first-order valence-corrected chi connectivity index (χ1v) is 10.0. The van der Waals surface area contributed by atoms with Crippen molar-refractivity contribution in [3.63, 3.8) is 0 Å². The molecule has 0 atom stereocenters. The molecule has 1 N–H and O–H groups in total. The molecule has 1 aliphatic rings. The first-order valence-electron chi connectivity index (χ1n) is 9.65. The number of benzene rings is 1. The Kier molecular flexibility index (Phi) is 6.09. The Morgan fingerprint density at radius 1 is 1.28 bits per heavy atom. The van der Waals surface area contributed by atoms with Gasteiger partial charge in [0.25, 0.3) is 0 Å². The number of carbonyl (C=O) groups is 1. The van der Waals surface area contributed by atoms with E-state index in [1.807, 2.05) is 18.2 Å². The van der Waals surface area contributed by atoms with Gasteiger partial charge in [-0.2, -0.15) is 0 Å². The van der Waals surface area contributed by atoms with Gasteiger partial charge >= 0.3 is 6.09 Å². The zero-order chi connectivity index (χ0) is 20.1. The molecule has 0 bridgehead atoms. The van der Waals surface area contributed by atoms with E-state index in [0.717, 1.165) is 54.1 Å². The average Bonchev–Trinajstić information content (AvgIpc) is 3.26. The van der Waals surface area contributed by atoms with Crippen molar-refractivity contribution < 1.29 is 14.1 Å². The van der Waals surface area contributed by atoms with Crippen LogP contribution in [0.5, 0.6) is 0 Å². The number of rotatable bonds is 6. The molecule has 2 aromatic heterocycles. The van der Waals surface area contributed by atoms with Crippen molar-refractivity contribution in [1.82, 2.24) is 20.7 Å². The van der Waals surface area contributed by atoms with Crippen molar-refractivity contribution in [3.05, 3.63) is 47.3 Å². The van der Waals surface area contributed by atoms with Gasteiger partial charge in [-0.3, -0.25) is 0 Å². The smallest absolute Gasteiger partial charge is 0.407 e. The fourth-order valence-electron chi connectivity index (χ4n) is 3.53. The molecule has 8 nitrogen and oxygen atoms in total. The SMILES string of the molecule is O=C(NCCC1CCN(c2ccc3cc(Cl)ccc3n2)CC1)OCc1cnno1. The van der Waals surface area contributed by atoms with Gasteiger partial charge in [0, 0.05) is 35.3 Å². The Morgan fingerprint density at radius 2 is 2.14 bits per heavy atom.